The van der Waals surface area contributed by atoms with Gasteiger partial charge in [-0.1, -0.05) is 28.1 Å². The van der Waals surface area contributed by atoms with E-state index in [-0.39, 0.29) is 6.54 Å². The van der Waals surface area contributed by atoms with Gasteiger partial charge in [-0.3, -0.25) is 4.79 Å². The number of carboxylic acids is 1. The summed E-state index contributed by atoms with van der Waals surface area (Å²) in [4.78, 5) is 21.6. The minimum Gasteiger partial charge on any atom is -0.480 e. The minimum atomic E-state index is -1.52. The predicted octanol–water partition coefficient (Wildman–Crippen LogP) is 0.477. The van der Waals surface area contributed by atoms with Crippen LogP contribution in [0.3, 0.4) is 0 Å². The maximum absolute atomic E-state index is 11.2. The number of aliphatic carboxylic acids is 1. The number of benzene rings is 1. The van der Waals surface area contributed by atoms with Gasteiger partial charge in [0.05, 0.1) is 0 Å². The molecule has 0 heterocycles. The normalized spacial score (nSPS) is 11.9. The molecule has 5 nitrogen and oxygen atoms in total. The van der Waals surface area contributed by atoms with E-state index >= 15 is 0 Å². The summed E-state index contributed by atoms with van der Waals surface area (Å²) in [7, 11) is 0. The van der Waals surface area contributed by atoms with Crippen molar-refractivity contribution in [3.05, 3.63) is 34.3 Å². The van der Waals surface area contributed by atoms with Gasteiger partial charge in [0.1, 0.15) is 0 Å². The fraction of sp³-hybridized carbons (Fsp3) is 0.200. The van der Waals surface area contributed by atoms with Crippen LogP contribution in [-0.4, -0.2) is 23.0 Å². The van der Waals surface area contributed by atoms with Gasteiger partial charge in [-0.15, -0.1) is 0 Å². The van der Waals surface area contributed by atoms with E-state index in [1.807, 2.05) is 24.3 Å². The Balaban J connectivity index is 2.49. The van der Waals surface area contributed by atoms with Gasteiger partial charge in [0.25, 0.3) is 0 Å². The molecule has 16 heavy (non-hydrogen) atoms. The van der Waals surface area contributed by atoms with Crippen molar-refractivity contribution in [2.45, 2.75) is 12.6 Å². The van der Waals surface area contributed by atoms with Crippen molar-refractivity contribution in [3.63, 3.8) is 0 Å². The van der Waals surface area contributed by atoms with Crippen molar-refractivity contribution in [1.82, 2.24) is 5.32 Å². The van der Waals surface area contributed by atoms with Crippen LogP contribution >= 0.6 is 15.9 Å². The third-order valence-electron chi connectivity index (χ3n) is 1.93. The van der Waals surface area contributed by atoms with Crippen molar-refractivity contribution in [1.29, 1.82) is 0 Å². The van der Waals surface area contributed by atoms with Gasteiger partial charge in [-0.25, -0.2) is 4.79 Å². The number of nitrogens with one attached hydrogen (secondary N) is 1. The monoisotopic (exact) mass is 286 g/mol. The van der Waals surface area contributed by atoms with Crippen molar-refractivity contribution >= 4 is 27.8 Å². The van der Waals surface area contributed by atoms with Crippen LogP contribution in [0.25, 0.3) is 0 Å². The molecule has 0 fully saturated rings. The first-order valence-corrected chi connectivity index (χ1v) is 5.30. The summed E-state index contributed by atoms with van der Waals surface area (Å²) in [6.07, 6.45) is 0. The molecule has 0 saturated carbocycles. The number of halogens is 1. The average Bonchev–Trinajstić information content (AvgIpc) is 2.26. The van der Waals surface area contributed by atoms with Crippen LogP contribution in [0.15, 0.2) is 28.7 Å². The highest BCUT2D eigenvalue weighted by molar-refractivity contribution is 9.10. The van der Waals surface area contributed by atoms with Gasteiger partial charge in [-0.05, 0) is 17.7 Å². The molecule has 0 aliphatic heterocycles. The fourth-order valence-corrected chi connectivity index (χ4v) is 1.28. The molecular weight excluding hydrogens is 276 g/mol. The number of amides is 1. The lowest BCUT2D eigenvalue weighted by atomic mass is 10.2. The van der Waals surface area contributed by atoms with Crippen molar-refractivity contribution in [3.8, 4) is 0 Å². The Bertz CT molecular complexity index is 392. The van der Waals surface area contributed by atoms with Crippen molar-refractivity contribution in [2.24, 2.45) is 5.73 Å². The van der Waals surface area contributed by atoms with Gasteiger partial charge < -0.3 is 16.2 Å². The highest BCUT2D eigenvalue weighted by Crippen LogP contribution is 2.10. The van der Waals surface area contributed by atoms with Crippen molar-refractivity contribution < 1.29 is 14.7 Å². The molecule has 1 rings (SSSR count). The third kappa shape index (κ3) is 3.63. The van der Waals surface area contributed by atoms with E-state index in [0.29, 0.717) is 0 Å². The summed E-state index contributed by atoms with van der Waals surface area (Å²) in [5.74, 6) is -2.04. The zero-order chi connectivity index (χ0) is 12.1. The Morgan fingerprint density at radius 1 is 1.38 bits per heavy atom. The maximum atomic E-state index is 11.2. The Morgan fingerprint density at radius 3 is 2.44 bits per heavy atom. The van der Waals surface area contributed by atoms with E-state index in [0.717, 1.165) is 10.0 Å². The van der Waals surface area contributed by atoms with Gasteiger partial charge >= 0.3 is 5.97 Å². The lowest BCUT2D eigenvalue weighted by Crippen LogP contribution is -2.45. The fourth-order valence-electron chi connectivity index (χ4n) is 1.01. The summed E-state index contributed by atoms with van der Waals surface area (Å²) < 4.78 is 0.935. The lowest BCUT2D eigenvalue weighted by Gasteiger charge is -2.08. The molecule has 6 heteroatoms. The Hall–Kier alpha value is -1.40. The summed E-state index contributed by atoms with van der Waals surface area (Å²) in [6.45, 7) is 0.257. The number of carbonyl (C=O) groups is 2. The van der Waals surface area contributed by atoms with E-state index in [1.54, 1.807) is 0 Å². The topological polar surface area (TPSA) is 92.4 Å². The number of nitrogens with two attached hydrogens (primary N) is 1. The van der Waals surface area contributed by atoms with Crippen LogP contribution in [0, 0.1) is 0 Å². The number of rotatable bonds is 4. The molecule has 0 saturated heterocycles. The van der Waals surface area contributed by atoms with E-state index in [1.165, 1.54) is 0 Å². The molecule has 1 amide bonds. The molecule has 0 bridgehead atoms. The number of carboxylic acid groups (broad SMARTS) is 1. The second-order valence-corrected chi connectivity index (χ2v) is 4.08. The first kappa shape index (κ1) is 12.7. The van der Waals surface area contributed by atoms with E-state index in [2.05, 4.69) is 21.2 Å². The Kier molecular flexibility index (Phi) is 4.45. The smallest absolute Gasteiger partial charge is 0.330 e. The first-order valence-electron chi connectivity index (χ1n) is 4.51. The quantitative estimate of drug-likeness (QED) is 0.702. The lowest BCUT2D eigenvalue weighted by molar-refractivity contribution is -0.142. The first-order chi connectivity index (χ1) is 7.50. The molecule has 0 aliphatic carbocycles. The predicted molar refractivity (Wildman–Crippen MR) is 61.6 cm³/mol. The SMILES string of the molecule is NC(C(=O)O)C(=O)NCc1ccc(Br)cc1. The van der Waals surface area contributed by atoms with Gasteiger partial charge in [0, 0.05) is 11.0 Å². The minimum absolute atomic E-state index is 0.257. The molecule has 1 aromatic rings. The van der Waals surface area contributed by atoms with E-state index in [4.69, 9.17) is 10.8 Å². The number of hydrogen-bond acceptors (Lipinski definition) is 3. The molecule has 0 aliphatic rings. The van der Waals surface area contributed by atoms with Crippen LogP contribution < -0.4 is 11.1 Å². The molecule has 1 atom stereocenters. The molecule has 0 aromatic heterocycles. The number of hydrogen-bond donors (Lipinski definition) is 3. The summed E-state index contributed by atoms with van der Waals surface area (Å²) in [5, 5.41) is 10.9. The molecule has 4 N–H and O–H groups in total. The van der Waals surface area contributed by atoms with Gasteiger partial charge in [0.15, 0.2) is 6.04 Å². The third-order valence-corrected chi connectivity index (χ3v) is 2.46. The zero-order valence-corrected chi connectivity index (χ0v) is 9.90. The molecule has 0 spiro atoms. The number of carbonyl (C=O) groups excluding carboxylic acids is 1. The zero-order valence-electron chi connectivity index (χ0n) is 8.31. The van der Waals surface area contributed by atoms with Crippen LogP contribution in [0.1, 0.15) is 5.56 Å². The van der Waals surface area contributed by atoms with Crippen LogP contribution in [0.2, 0.25) is 0 Å². The average molecular weight is 287 g/mol. The van der Waals surface area contributed by atoms with Crippen LogP contribution in [0.5, 0.6) is 0 Å². The molecule has 1 aromatic carbocycles. The summed E-state index contributed by atoms with van der Waals surface area (Å²) >= 11 is 3.28. The second-order valence-electron chi connectivity index (χ2n) is 3.16. The van der Waals surface area contributed by atoms with E-state index in [9.17, 15) is 9.59 Å². The van der Waals surface area contributed by atoms with Gasteiger partial charge in [0.2, 0.25) is 5.91 Å². The summed E-state index contributed by atoms with van der Waals surface area (Å²) in [6, 6.07) is 5.78. The highest BCUT2D eigenvalue weighted by atomic mass is 79.9. The Labute approximate surface area is 101 Å². The maximum Gasteiger partial charge on any atom is 0.330 e. The molecular formula is C10H11BrN2O3. The molecule has 0 radical (unpaired) electrons. The highest BCUT2D eigenvalue weighted by Gasteiger charge is 2.20. The summed E-state index contributed by atoms with van der Waals surface area (Å²) in [5.41, 5.74) is 6.00. The van der Waals surface area contributed by atoms with Gasteiger partial charge in [-0.2, -0.15) is 0 Å². The van der Waals surface area contributed by atoms with Crippen molar-refractivity contribution in [2.75, 3.05) is 0 Å². The standard InChI is InChI=1S/C10H11BrN2O3/c11-7-3-1-6(2-4-7)5-13-9(14)8(12)10(15)16/h1-4,8H,5,12H2,(H,13,14)(H,15,16). The van der Waals surface area contributed by atoms with Crippen LogP contribution in [0.4, 0.5) is 0 Å². The second kappa shape index (κ2) is 5.62. The van der Waals surface area contributed by atoms with Crippen LogP contribution in [-0.2, 0) is 16.1 Å². The largest absolute Gasteiger partial charge is 0.480 e. The molecule has 86 valence electrons. The van der Waals surface area contributed by atoms with E-state index < -0.39 is 17.9 Å². The molecule has 1 unspecified atom stereocenters. The Morgan fingerprint density at radius 2 is 1.94 bits per heavy atom.